The van der Waals surface area contributed by atoms with Gasteiger partial charge in [0.15, 0.2) is 0 Å². The van der Waals surface area contributed by atoms with Crippen molar-refractivity contribution in [2.75, 3.05) is 38.9 Å². The average Bonchev–Trinajstić information content (AvgIpc) is 3.04. The number of nitriles is 1. The number of hydrogen-bond acceptors (Lipinski definition) is 12. The van der Waals surface area contributed by atoms with Gasteiger partial charge in [-0.25, -0.2) is 9.59 Å². The second kappa shape index (κ2) is 34.6. The van der Waals surface area contributed by atoms with E-state index in [-0.39, 0.29) is 81.4 Å². The molecule has 0 radical (unpaired) electrons. The van der Waals surface area contributed by atoms with Crippen LogP contribution in [0, 0.1) is 29.1 Å². The number of aliphatic carboxylic acids is 1. The molecule has 3 unspecified atom stereocenters. The third kappa shape index (κ3) is 36.2. The van der Waals surface area contributed by atoms with Gasteiger partial charge in [-0.1, -0.05) is 54.7 Å². The van der Waals surface area contributed by atoms with Gasteiger partial charge in [-0.15, -0.1) is 11.6 Å². The molecule has 0 heterocycles. The van der Waals surface area contributed by atoms with Crippen molar-refractivity contribution in [1.29, 1.82) is 5.26 Å². The minimum absolute atomic E-state index is 0.0406. The van der Waals surface area contributed by atoms with Crippen LogP contribution in [0.1, 0.15) is 73.6 Å². The van der Waals surface area contributed by atoms with Gasteiger partial charge in [0.2, 0.25) is 0 Å². The molecule has 1 N–H and O–H groups in total. The summed E-state index contributed by atoms with van der Waals surface area (Å²) in [6, 6.07) is 1.90. The SMILES string of the molecule is C=CC(=O)OCCOC(=O)C(C)CC.C=CC(=O)OCCOC(=O)CCCl.CCC(C)C(=O)O.CCC(C)C(=O)OCCC#N. The molecule has 45 heavy (non-hydrogen) atoms. The van der Waals surface area contributed by atoms with E-state index in [1.54, 1.807) is 13.8 Å². The number of carboxylic acids is 1. The molecular weight excluding hydrogens is 614 g/mol. The molecule has 0 spiro atoms. The van der Waals surface area contributed by atoms with Gasteiger partial charge in [0.05, 0.1) is 36.7 Å². The van der Waals surface area contributed by atoms with E-state index < -0.39 is 23.9 Å². The molecule has 0 aromatic carbocycles. The Bertz CT molecular complexity index is 917. The Morgan fingerprint density at radius 1 is 0.711 bits per heavy atom. The van der Waals surface area contributed by atoms with Crippen molar-refractivity contribution in [3.8, 4) is 6.07 Å². The van der Waals surface area contributed by atoms with Crippen molar-refractivity contribution in [3.05, 3.63) is 25.3 Å². The molecule has 0 aliphatic heterocycles. The quantitative estimate of drug-likeness (QED) is 0.0692. The smallest absolute Gasteiger partial charge is 0.330 e. The normalized spacial score (nSPS) is 11.2. The van der Waals surface area contributed by atoms with Gasteiger partial charge in [-0.05, 0) is 19.3 Å². The van der Waals surface area contributed by atoms with Crippen molar-refractivity contribution in [2.24, 2.45) is 17.8 Å². The molecule has 0 aliphatic rings. The highest BCUT2D eigenvalue weighted by atomic mass is 35.5. The number of carboxylic acid groups (broad SMARTS) is 1. The number of hydrogen-bond donors (Lipinski definition) is 1. The van der Waals surface area contributed by atoms with E-state index in [9.17, 15) is 28.8 Å². The molecule has 0 aromatic rings. The number of carbonyl (C=O) groups excluding carboxylic acids is 5. The van der Waals surface area contributed by atoms with E-state index in [2.05, 4.69) is 27.4 Å². The first-order chi connectivity index (χ1) is 21.2. The molecule has 0 saturated carbocycles. The Labute approximate surface area is 271 Å². The number of rotatable bonds is 18. The van der Waals surface area contributed by atoms with Crippen LogP contribution in [0.2, 0.25) is 0 Å². The minimum atomic E-state index is -0.706. The third-order valence-corrected chi connectivity index (χ3v) is 5.51. The molecule has 14 heteroatoms. The van der Waals surface area contributed by atoms with Gasteiger partial charge in [0.25, 0.3) is 0 Å². The summed E-state index contributed by atoms with van der Waals surface area (Å²) in [5, 5.41) is 16.3. The lowest BCUT2D eigenvalue weighted by atomic mass is 10.1. The van der Waals surface area contributed by atoms with Crippen LogP contribution in [0.3, 0.4) is 0 Å². The van der Waals surface area contributed by atoms with E-state index >= 15 is 0 Å². The maximum Gasteiger partial charge on any atom is 0.330 e. The summed E-state index contributed by atoms with van der Waals surface area (Å²) in [5.41, 5.74) is 0. The maximum atomic E-state index is 11.1. The Kier molecular flexibility index (Phi) is 36.9. The number of alkyl halides is 1. The molecule has 0 amide bonds. The molecule has 3 atom stereocenters. The fraction of sp³-hybridized carbons (Fsp3) is 0.645. The van der Waals surface area contributed by atoms with E-state index in [4.69, 9.17) is 31.4 Å². The highest BCUT2D eigenvalue weighted by molar-refractivity contribution is 6.18. The van der Waals surface area contributed by atoms with Crippen LogP contribution in [0.15, 0.2) is 25.3 Å². The van der Waals surface area contributed by atoms with Crippen LogP contribution < -0.4 is 0 Å². The summed E-state index contributed by atoms with van der Waals surface area (Å²) < 4.78 is 23.4. The highest BCUT2D eigenvalue weighted by Crippen LogP contribution is 2.03. The maximum absolute atomic E-state index is 11.1. The average molecular weight is 664 g/mol. The second-order valence-electron chi connectivity index (χ2n) is 8.91. The summed E-state index contributed by atoms with van der Waals surface area (Å²) in [6.07, 6.45) is 4.79. The van der Waals surface area contributed by atoms with Gasteiger partial charge >= 0.3 is 35.8 Å². The van der Waals surface area contributed by atoms with Gasteiger partial charge in [0.1, 0.15) is 33.0 Å². The first-order valence-corrected chi connectivity index (χ1v) is 15.0. The van der Waals surface area contributed by atoms with Crippen molar-refractivity contribution < 1.29 is 57.6 Å². The summed E-state index contributed by atoms with van der Waals surface area (Å²) >= 11 is 5.28. The topological polar surface area (TPSA) is 193 Å². The van der Waals surface area contributed by atoms with E-state index in [1.165, 1.54) is 0 Å². The monoisotopic (exact) mass is 663 g/mol. The predicted molar refractivity (Wildman–Crippen MR) is 167 cm³/mol. The highest BCUT2D eigenvalue weighted by Gasteiger charge is 2.12. The summed E-state index contributed by atoms with van der Waals surface area (Å²) in [5.74, 6) is -2.72. The lowest BCUT2D eigenvalue weighted by molar-refractivity contribution is -0.152. The van der Waals surface area contributed by atoms with Crippen molar-refractivity contribution in [2.45, 2.75) is 73.6 Å². The van der Waals surface area contributed by atoms with Crippen LogP contribution in [0.4, 0.5) is 0 Å². The molecular formula is C31H50ClNO12. The van der Waals surface area contributed by atoms with Crippen LogP contribution in [-0.2, 0) is 52.5 Å². The zero-order chi connectivity index (χ0) is 35.6. The van der Waals surface area contributed by atoms with E-state index in [1.807, 2.05) is 33.8 Å². The number of esters is 5. The Morgan fingerprint density at radius 2 is 1.09 bits per heavy atom. The van der Waals surface area contributed by atoms with E-state index in [0.29, 0.717) is 0 Å². The first kappa shape index (κ1) is 48.0. The predicted octanol–water partition coefficient (Wildman–Crippen LogP) is 4.80. The Balaban J connectivity index is -0.000000256. The largest absolute Gasteiger partial charge is 0.481 e. The van der Waals surface area contributed by atoms with Gasteiger partial charge in [-0.2, -0.15) is 5.26 Å². The Hall–Kier alpha value is -3.92. The number of halogens is 1. The molecule has 0 rings (SSSR count). The van der Waals surface area contributed by atoms with Gasteiger partial charge < -0.3 is 28.8 Å². The Morgan fingerprint density at radius 3 is 1.40 bits per heavy atom. The van der Waals surface area contributed by atoms with Crippen LogP contribution in [-0.4, -0.2) is 79.8 Å². The van der Waals surface area contributed by atoms with Gasteiger partial charge in [0, 0.05) is 18.0 Å². The molecule has 258 valence electrons. The number of nitrogens with zero attached hydrogens (tertiary/aromatic N) is 1. The van der Waals surface area contributed by atoms with Crippen molar-refractivity contribution in [3.63, 3.8) is 0 Å². The van der Waals surface area contributed by atoms with E-state index in [0.717, 1.165) is 31.4 Å². The zero-order valence-electron chi connectivity index (χ0n) is 27.3. The van der Waals surface area contributed by atoms with Crippen LogP contribution >= 0.6 is 11.6 Å². The molecule has 13 nitrogen and oxygen atoms in total. The molecule has 0 aliphatic carbocycles. The van der Waals surface area contributed by atoms with Crippen LogP contribution in [0.25, 0.3) is 0 Å². The van der Waals surface area contributed by atoms with Crippen LogP contribution in [0.5, 0.6) is 0 Å². The standard InChI is InChI=1S/C10H16O4.C8H11ClO4.C8H13NO2.C5H10O2/c1-4-8(3)10(12)14-7-6-13-9(11)5-2;1-2-7(10)12-5-6-13-8(11)3-4-9;1-3-7(2)8(10)11-6-4-5-9;1-3-4(2)5(6)7/h5,8H,2,4,6-7H2,1,3H3;2H,1,3-6H2;7H,3-4,6H2,1-2H3;4H,3H2,1-2H3,(H,6,7). The first-order valence-electron chi connectivity index (χ1n) is 14.4. The fourth-order valence-corrected chi connectivity index (χ4v) is 1.99. The second-order valence-corrected chi connectivity index (χ2v) is 9.29. The molecule has 0 saturated heterocycles. The minimum Gasteiger partial charge on any atom is -0.481 e. The molecule has 0 bridgehead atoms. The molecule has 0 fully saturated rings. The number of carbonyl (C=O) groups is 6. The third-order valence-electron chi connectivity index (χ3n) is 5.32. The lowest BCUT2D eigenvalue weighted by Gasteiger charge is -2.08. The molecule has 0 aromatic heterocycles. The summed E-state index contributed by atoms with van der Waals surface area (Å²) in [6.45, 7) is 17.9. The van der Waals surface area contributed by atoms with Gasteiger partial charge in [-0.3, -0.25) is 19.2 Å². The fourth-order valence-electron chi connectivity index (χ4n) is 1.84. The summed E-state index contributed by atoms with van der Waals surface area (Å²) in [4.78, 5) is 63.7. The number of ether oxygens (including phenoxy) is 5. The summed E-state index contributed by atoms with van der Waals surface area (Å²) in [7, 11) is 0. The van der Waals surface area contributed by atoms with Crippen molar-refractivity contribution >= 4 is 47.4 Å². The zero-order valence-corrected chi connectivity index (χ0v) is 28.1. The van der Waals surface area contributed by atoms with Crippen molar-refractivity contribution in [1.82, 2.24) is 0 Å². The lowest BCUT2D eigenvalue weighted by Crippen LogP contribution is -2.17.